The quantitative estimate of drug-likeness (QED) is 0.775. The summed E-state index contributed by atoms with van der Waals surface area (Å²) < 4.78 is 30.5. The van der Waals surface area contributed by atoms with Gasteiger partial charge in [0.05, 0.1) is 12.4 Å². The van der Waals surface area contributed by atoms with Crippen LogP contribution in [0.5, 0.6) is 0 Å². The molecule has 2 aliphatic rings. The highest BCUT2D eigenvalue weighted by Gasteiger charge is 2.40. The second-order valence-electron chi connectivity index (χ2n) is 5.22. The third kappa shape index (κ3) is 2.99. The molecule has 100 valence electrons. The molecule has 1 aliphatic carbocycles. The van der Waals surface area contributed by atoms with E-state index >= 15 is 0 Å². The van der Waals surface area contributed by atoms with Gasteiger partial charge in [0.1, 0.15) is 0 Å². The number of fused-ring (bicyclic) bond motifs is 1. The molecule has 0 bridgehead atoms. The largest absolute Gasteiger partial charge is 0.384 e. The van der Waals surface area contributed by atoms with Gasteiger partial charge in [-0.15, -0.1) is 0 Å². The minimum atomic E-state index is -3.13. The van der Waals surface area contributed by atoms with Gasteiger partial charge in [0, 0.05) is 26.2 Å². The monoisotopic (exact) mass is 262 g/mol. The Morgan fingerprint density at radius 2 is 2.00 bits per heavy atom. The molecular formula is C11H22N2O3S. The summed E-state index contributed by atoms with van der Waals surface area (Å²) in [6.45, 7) is 1.61. The van der Waals surface area contributed by atoms with Crippen molar-refractivity contribution in [3.05, 3.63) is 0 Å². The lowest BCUT2D eigenvalue weighted by molar-refractivity contribution is 0.215. The molecule has 1 heterocycles. The molecule has 3 atom stereocenters. The maximum atomic E-state index is 12.0. The van der Waals surface area contributed by atoms with Crippen LogP contribution in [-0.4, -0.2) is 51.3 Å². The van der Waals surface area contributed by atoms with E-state index in [9.17, 15) is 8.42 Å². The lowest BCUT2D eigenvalue weighted by atomic mass is 9.79. The zero-order valence-corrected chi connectivity index (χ0v) is 11.2. The third-order valence-electron chi connectivity index (χ3n) is 4.00. The Balaban J connectivity index is 1.97. The van der Waals surface area contributed by atoms with Crippen LogP contribution in [0.3, 0.4) is 0 Å². The molecule has 1 saturated carbocycles. The second-order valence-corrected chi connectivity index (χ2v) is 7.31. The van der Waals surface area contributed by atoms with E-state index in [1.807, 2.05) is 0 Å². The summed E-state index contributed by atoms with van der Waals surface area (Å²) in [4.78, 5) is 0. The Bertz CT molecular complexity index is 358. The minimum Gasteiger partial charge on any atom is -0.384 e. The number of rotatable bonds is 4. The molecule has 0 aromatic heterocycles. The second kappa shape index (κ2) is 5.22. The van der Waals surface area contributed by atoms with E-state index in [0.717, 1.165) is 19.3 Å². The average molecular weight is 262 g/mol. The van der Waals surface area contributed by atoms with Crippen LogP contribution < -0.4 is 5.73 Å². The van der Waals surface area contributed by atoms with Gasteiger partial charge in [-0.05, 0) is 31.1 Å². The van der Waals surface area contributed by atoms with Crippen molar-refractivity contribution < 1.29 is 13.2 Å². The predicted molar refractivity (Wildman–Crippen MR) is 66.0 cm³/mol. The van der Waals surface area contributed by atoms with Gasteiger partial charge in [-0.3, -0.25) is 0 Å². The van der Waals surface area contributed by atoms with Gasteiger partial charge in [0.2, 0.25) is 10.0 Å². The van der Waals surface area contributed by atoms with E-state index < -0.39 is 10.0 Å². The third-order valence-corrected chi connectivity index (χ3v) is 5.76. The Morgan fingerprint density at radius 1 is 1.29 bits per heavy atom. The van der Waals surface area contributed by atoms with Crippen LogP contribution >= 0.6 is 0 Å². The molecule has 0 radical (unpaired) electrons. The van der Waals surface area contributed by atoms with Crippen molar-refractivity contribution in [3.63, 3.8) is 0 Å². The van der Waals surface area contributed by atoms with E-state index in [0.29, 0.717) is 24.9 Å². The smallest absolute Gasteiger partial charge is 0.216 e. The topological polar surface area (TPSA) is 72.6 Å². The fraction of sp³-hybridized carbons (Fsp3) is 1.00. The van der Waals surface area contributed by atoms with Crippen molar-refractivity contribution in [1.29, 1.82) is 0 Å². The van der Waals surface area contributed by atoms with Gasteiger partial charge >= 0.3 is 0 Å². The summed E-state index contributed by atoms with van der Waals surface area (Å²) in [5, 5.41) is 0. The van der Waals surface area contributed by atoms with Crippen LogP contribution in [0.15, 0.2) is 0 Å². The summed E-state index contributed by atoms with van der Waals surface area (Å²) >= 11 is 0. The average Bonchev–Trinajstić information content (AvgIpc) is 2.70. The highest BCUT2D eigenvalue weighted by molar-refractivity contribution is 7.89. The zero-order valence-electron chi connectivity index (χ0n) is 10.3. The van der Waals surface area contributed by atoms with Gasteiger partial charge in [0.15, 0.2) is 0 Å². The first-order valence-electron chi connectivity index (χ1n) is 6.25. The minimum absolute atomic E-state index is 0.0923. The molecule has 0 aromatic carbocycles. The van der Waals surface area contributed by atoms with Gasteiger partial charge in [-0.25, -0.2) is 12.7 Å². The lowest BCUT2D eigenvalue weighted by Crippen LogP contribution is -2.33. The number of nitrogens with zero attached hydrogens (tertiary/aromatic N) is 1. The normalized spacial score (nSPS) is 34.8. The number of ether oxygens (including phenoxy) is 1. The number of nitrogens with two attached hydrogens (primary N) is 1. The fourth-order valence-electron chi connectivity index (χ4n) is 2.97. The van der Waals surface area contributed by atoms with Crippen LogP contribution in [0.25, 0.3) is 0 Å². The molecule has 0 aromatic rings. The molecule has 5 nitrogen and oxygen atoms in total. The molecule has 0 spiro atoms. The van der Waals surface area contributed by atoms with Crippen molar-refractivity contribution in [2.75, 3.05) is 32.6 Å². The van der Waals surface area contributed by atoms with E-state index in [4.69, 9.17) is 10.5 Å². The van der Waals surface area contributed by atoms with E-state index in [1.165, 1.54) is 7.11 Å². The van der Waals surface area contributed by atoms with Crippen LogP contribution in [0, 0.1) is 11.8 Å². The molecular weight excluding hydrogens is 240 g/mol. The molecule has 2 fully saturated rings. The van der Waals surface area contributed by atoms with E-state index in [1.54, 1.807) is 4.31 Å². The maximum Gasteiger partial charge on any atom is 0.216 e. The first-order chi connectivity index (χ1) is 8.03. The van der Waals surface area contributed by atoms with Gasteiger partial charge in [-0.2, -0.15) is 0 Å². The van der Waals surface area contributed by atoms with E-state index in [2.05, 4.69) is 0 Å². The number of hydrogen-bond donors (Lipinski definition) is 1. The molecule has 2 rings (SSSR count). The fourth-order valence-corrected chi connectivity index (χ4v) is 4.44. The number of methoxy groups -OCH3 is 1. The summed E-state index contributed by atoms with van der Waals surface area (Å²) in [6.07, 6.45) is 3.08. The maximum absolute atomic E-state index is 12.0. The molecule has 6 heteroatoms. The Labute approximate surface area is 103 Å². The lowest BCUT2D eigenvalue weighted by Gasteiger charge is -2.28. The summed E-state index contributed by atoms with van der Waals surface area (Å²) in [6, 6.07) is 0.262. The SMILES string of the molecule is COCCS(=O)(=O)N1C[C@H]2CCC(N)C[C@H]2C1. The summed E-state index contributed by atoms with van der Waals surface area (Å²) in [7, 11) is -1.60. The molecule has 1 aliphatic heterocycles. The molecule has 1 saturated heterocycles. The van der Waals surface area contributed by atoms with Gasteiger partial charge in [0.25, 0.3) is 0 Å². The number of hydrogen-bond acceptors (Lipinski definition) is 4. The molecule has 1 unspecified atom stereocenters. The molecule has 17 heavy (non-hydrogen) atoms. The van der Waals surface area contributed by atoms with Crippen LogP contribution in [0.2, 0.25) is 0 Å². The van der Waals surface area contributed by atoms with Gasteiger partial charge in [-0.1, -0.05) is 0 Å². The predicted octanol–water partition coefficient (Wildman–Crippen LogP) is 0.0218. The first kappa shape index (κ1) is 13.3. The first-order valence-corrected chi connectivity index (χ1v) is 7.86. The summed E-state index contributed by atoms with van der Waals surface area (Å²) in [5.41, 5.74) is 5.94. The van der Waals surface area contributed by atoms with Crippen molar-refractivity contribution in [2.24, 2.45) is 17.6 Å². The summed E-state index contributed by atoms with van der Waals surface area (Å²) in [5.74, 6) is 1.08. The number of sulfonamides is 1. The van der Waals surface area contributed by atoms with E-state index in [-0.39, 0.29) is 18.4 Å². The highest BCUT2D eigenvalue weighted by atomic mass is 32.2. The molecule has 2 N–H and O–H groups in total. The van der Waals surface area contributed by atoms with Crippen LogP contribution in [-0.2, 0) is 14.8 Å². The van der Waals surface area contributed by atoms with Crippen molar-refractivity contribution in [2.45, 2.75) is 25.3 Å². The zero-order chi connectivity index (χ0) is 12.5. The van der Waals surface area contributed by atoms with Gasteiger partial charge < -0.3 is 10.5 Å². The van der Waals surface area contributed by atoms with Crippen molar-refractivity contribution >= 4 is 10.0 Å². The Morgan fingerprint density at radius 3 is 2.71 bits per heavy atom. The highest BCUT2D eigenvalue weighted by Crippen LogP contribution is 2.36. The Hall–Kier alpha value is -0.170. The van der Waals surface area contributed by atoms with Crippen molar-refractivity contribution in [3.8, 4) is 0 Å². The molecule has 0 amide bonds. The van der Waals surface area contributed by atoms with Crippen molar-refractivity contribution in [1.82, 2.24) is 4.31 Å². The van der Waals surface area contributed by atoms with Crippen LogP contribution in [0.4, 0.5) is 0 Å². The Kier molecular flexibility index (Phi) is 4.07. The van der Waals surface area contributed by atoms with Crippen LogP contribution in [0.1, 0.15) is 19.3 Å². The standard InChI is InChI=1S/C11H22N2O3S/c1-16-4-5-17(14,15)13-7-9-2-3-11(12)6-10(9)8-13/h9-11H,2-8,12H2,1H3/t9-,10+,11?/m1/s1.